The molecule has 0 aromatic heterocycles. The van der Waals surface area contributed by atoms with Crippen LogP contribution < -0.4 is 0 Å². The summed E-state index contributed by atoms with van der Waals surface area (Å²) in [6.07, 6.45) is 10.9. The molecule has 1 heterocycles. The van der Waals surface area contributed by atoms with E-state index in [1.54, 1.807) is 0 Å². The molecular weight excluding hydrogens is 242 g/mol. The minimum Gasteiger partial charge on any atom is -0.257 e. The van der Waals surface area contributed by atoms with Crippen LogP contribution in [0.4, 0.5) is 5.69 Å². The van der Waals surface area contributed by atoms with Gasteiger partial charge in [-0.15, -0.1) is 0 Å². The highest BCUT2D eigenvalue weighted by atomic mass is 14.8. The Morgan fingerprint density at radius 3 is 2.65 bits per heavy atom. The summed E-state index contributed by atoms with van der Waals surface area (Å²) in [7, 11) is 0. The number of aliphatic imine (C=N–C) groups is 1. The van der Waals surface area contributed by atoms with Crippen molar-refractivity contribution in [3.8, 4) is 0 Å². The van der Waals surface area contributed by atoms with Gasteiger partial charge in [-0.25, -0.2) is 0 Å². The van der Waals surface area contributed by atoms with Crippen molar-refractivity contribution in [1.29, 1.82) is 0 Å². The van der Waals surface area contributed by atoms with Crippen LogP contribution in [0.5, 0.6) is 0 Å². The van der Waals surface area contributed by atoms with Crippen LogP contribution in [0.2, 0.25) is 0 Å². The second-order valence-electron chi connectivity index (χ2n) is 6.25. The van der Waals surface area contributed by atoms with E-state index in [1.807, 2.05) is 0 Å². The Bertz CT molecular complexity index is 559. The predicted octanol–water partition coefficient (Wildman–Crippen LogP) is 5.66. The molecular formula is C19H25N. The molecule has 0 saturated heterocycles. The Morgan fingerprint density at radius 2 is 1.95 bits per heavy atom. The van der Waals surface area contributed by atoms with Crippen molar-refractivity contribution in [2.24, 2.45) is 10.9 Å². The quantitative estimate of drug-likeness (QED) is 0.652. The van der Waals surface area contributed by atoms with Crippen molar-refractivity contribution < 1.29 is 0 Å². The number of benzene rings is 1. The maximum absolute atomic E-state index is 4.88. The minimum atomic E-state index is 0.558. The molecule has 0 fully saturated rings. The lowest BCUT2D eigenvalue weighted by Gasteiger charge is -2.25. The number of nitrogens with zero attached hydrogens (tertiary/aromatic N) is 1. The predicted molar refractivity (Wildman–Crippen MR) is 88.0 cm³/mol. The molecule has 1 heteroatoms. The van der Waals surface area contributed by atoms with E-state index in [1.165, 1.54) is 53.8 Å². The van der Waals surface area contributed by atoms with Crippen LogP contribution in [0.15, 0.2) is 23.2 Å². The standard InChI is InChI=1S/C19H25N/c1-4-7-15(8-5-2)18-13(3)20-17-12-11-14-9-6-10-16(14)19(17)18/h6,10-12,15,18H,4-5,7-9H2,1-3H3. The van der Waals surface area contributed by atoms with E-state index in [9.17, 15) is 0 Å². The van der Waals surface area contributed by atoms with Crippen molar-refractivity contribution >= 4 is 17.5 Å². The fraction of sp³-hybridized carbons (Fsp3) is 0.526. The molecule has 0 spiro atoms. The van der Waals surface area contributed by atoms with E-state index in [2.05, 4.69) is 45.1 Å². The SMILES string of the molecule is CCCC(CCC)C1C(C)=Nc2ccc3c(c21)C=CC3. The highest BCUT2D eigenvalue weighted by molar-refractivity contribution is 5.98. The van der Waals surface area contributed by atoms with Gasteiger partial charge in [-0.3, -0.25) is 4.99 Å². The van der Waals surface area contributed by atoms with Crippen molar-refractivity contribution in [2.75, 3.05) is 0 Å². The lowest BCUT2D eigenvalue weighted by molar-refractivity contribution is 0.418. The molecule has 0 N–H and O–H groups in total. The highest BCUT2D eigenvalue weighted by Crippen LogP contribution is 2.46. The van der Waals surface area contributed by atoms with Crippen molar-refractivity contribution in [2.45, 2.75) is 58.8 Å². The molecule has 2 aliphatic rings. The first-order chi connectivity index (χ1) is 9.76. The molecule has 0 bridgehead atoms. The first kappa shape index (κ1) is 13.6. The largest absolute Gasteiger partial charge is 0.257 e. The number of allylic oxidation sites excluding steroid dienone is 1. The zero-order chi connectivity index (χ0) is 14.1. The van der Waals surface area contributed by atoms with Crippen LogP contribution in [0, 0.1) is 5.92 Å². The molecule has 3 rings (SSSR count). The Hall–Kier alpha value is -1.37. The topological polar surface area (TPSA) is 12.4 Å². The van der Waals surface area contributed by atoms with Crippen LogP contribution in [0.3, 0.4) is 0 Å². The van der Waals surface area contributed by atoms with Crippen molar-refractivity contribution in [1.82, 2.24) is 0 Å². The van der Waals surface area contributed by atoms with Crippen LogP contribution >= 0.6 is 0 Å². The van der Waals surface area contributed by atoms with Gasteiger partial charge in [0.2, 0.25) is 0 Å². The zero-order valence-electron chi connectivity index (χ0n) is 12.9. The third-order valence-corrected chi connectivity index (χ3v) is 4.82. The molecule has 0 saturated carbocycles. The van der Waals surface area contributed by atoms with E-state index in [4.69, 9.17) is 4.99 Å². The minimum absolute atomic E-state index is 0.558. The zero-order valence-corrected chi connectivity index (χ0v) is 12.9. The van der Waals surface area contributed by atoms with Gasteiger partial charge in [0.25, 0.3) is 0 Å². The first-order valence-electron chi connectivity index (χ1n) is 8.13. The monoisotopic (exact) mass is 267 g/mol. The Labute approximate surface area is 122 Å². The summed E-state index contributed by atoms with van der Waals surface area (Å²) in [6, 6.07) is 4.50. The molecule has 0 radical (unpaired) electrons. The summed E-state index contributed by atoms with van der Waals surface area (Å²) >= 11 is 0. The number of fused-ring (bicyclic) bond motifs is 3. The molecule has 1 aliphatic heterocycles. The Balaban J connectivity index is 2.04. The highest BCUT2D eigenvalue weighted by Gasteiger charge is 2.33. The average Bonchev–Trinajstić information content (AvgIpc) is 3.01. The summed E-state index contributed by atoms with van der Waals surface area (Å²) in [5.74, 6) is 1.32. The fourth-order valence-electron chi connectivity index (χ4n) is 4.04. The smallest absolute Gasteiger partial charge is 0.0674 e. The van der Waals surface area contributed by atoms with Crippen molar-refractivity contribution in [3.05, 3.63) is 34.9 Å². The van der Waals surface area contributed by atoms with E-state index < -0.39 is 0 Å². The molecule has 1 aromatic carbocycles. The van der Waals surface area contributed by atoms with E-state index in [0.717, 1.165) is 12.3 Å². The van der Waals surface area contributed by atoms with Gasteiger partial charge in [0, 0.05) is 11.6 Å². The van der Waals surface area contributed by atoms with Crippen LogP contribution in [-0.4, -0.2) is 5.71 Å². The van der Waals surface area contributed by atoms with Crippen LogP contribution in [0.1, 0.15) is 69.1 Å². The molecule has 20 heavy (non-hydrogen) atoms. The molecule has 106 valence electrons. The summed E-state index contributed by atoms with van der Waals surface area (Å²) in [6.45, 7) is 6.84. The molecule has 1 nitrogen and oxygen atoms in total. The van der Waals surface area contributed by atoms with Gasteiger partial charge in [-0.1, -0.05) is 44.9 Å². The molecule has 1 atom stereocenters. The maximum Gasteiger partial charge on any atom is 0.0674 e. The second kappa shape index (κ2) is 5.55. The molecule has 1 aromatic rings. The van der Waals surface area contributed by atoms with E-state index in [-0.39, 0.29) is 0 Å². The van der Waals surface area contributed by atoms with E-state index in [0.29, 0.717) is 5.92 Å². The van der Waals surface area contributed by atoms with Crippen LogP contribution in [-0.2, 0) is 6.42 Å². The van der Waals surface area contributed by atoms with Gasteiger partial charge in [-0.05, 0) is 54.9 Å². The maximum atomic E-state index is 4.88. The summed E-state index contributed by atoms with van der Waals surface area (Å²) < 4.78 is 0. The van der Waals surface area contributed by atoms with Gasteiger partial charge >= 0.3 is 0 Å². The Morgan fingerprint density at radius 1 is 1.20 bits per heavy atom. The van der Waals surface area contributed by atoms with E-state index >= 15 is 0 Å². The third-order valence-electron chi connectivity index (χ3n) is 4.82. The molecule has 0 amide bonds. The lowest BCUT2D eigenvalue weighted by atomic mass is 9.77. The number of hydrogen-bond acceptors (Lipinski definition) is 1. The van der Waals surface area contributed by atoms with Gasteiger partial charge in [0.15, 0.2) is 0 Å². The number of hydrogen-bond donors (Lipinski definition) is 0. The normalized spacial score (nSPS) is 19.4. The van der Waals surface area contributed by atoms with Crippen molar-refractivity contribution in [3.63, 3.8) is 0 Å². The summed E-state index contributed by atoms with van der Waals surface area (Å²) in [5.41, 5.74) is 7.06. The lowest BCUT2D eigenvalue weighted by Crippen LogP contribution is -2.18. The van der Waals surface area contributed by atoms with Gasteiger partial charge in [0.05, 0.1) is 5.69 Å². The fourth-order valence-corrected chi connectivity index (χ4v) is 4.04. The number of rotatable bonds is 5. The summed E-state index contributed by atoms with van der Waals surface area (Å²) in [5, 5.41) is 0. The Kier molecular flexibility index (Phi) is 3.78. The molecule has 1 aliphatic carbocycles. The molecule has 1 unspecified atom stereocenters. The summed E-state index contributed by atoms with van der Waals surface area (Å²) in [4.78, 5) is 4.88. The van der Waals surface area contributed by atoms with Gasteiger partial charge < -0.3 is 0 Å². The third kappa shape index (κ3) is 2.13. The average molecular weight is 267 g/mol. The van der Waals surface area contributed by atoms with Crippen LogP contribution in [0.25, 0.3) is 6.08 Å². The van der Waals surface area contributed by atoms with Gasteiger partial charge in [0.1, 0.15) is 0 Å². The van der Waals surface area contributed by atoms with Gasteiger partial charge in [-0.2, -0.15) is 0 Å². The first-order valence-corrected chi connectivity index (χ1v) is 8.13. The second-order valence-corrected chi connectivity index (χ2v) is 6.25.